The van der Waals surface area contributed by atoms with Crippen molar-refractivity contribution in [2.75, 3.05) is 13.2 Å². The fourth-order valence-corrected chi connectivity index (χ4v) is 5.41. The topological polar surface area (TPSA) is 88.4 Å². The van der Waals surface area contributed by atoms with Crippen LogP contribution < -0.4 is 5.32 Å². The second kappa shape index (κ2) is 9.56. The summed E-state index contributed by atoms with van der Waals surface area (Å²) in [6, 6.07) is 1.90. The molecular weight excluding hydrogens is 384 g/mol. The Labute approximate surface area is 170 Å². The Balaban J connectivity index is 3.22. The third-order valence-electron chi connectivity index (χ3n) is 3.28. The lowest BCUT2D eigenvalue weighted by Crippen LogP contribution is -2.41. The van der Waals surface area contributed by atoms with Crippen LogP contribution in [0.1, 0.15) is 54.9 Å². The number of carbonyl (C=O) groups is 2. The van der Waals surface area contributed by atoms with E-state index in [-0.39, 0.29) is 29.7 Å². The fourth-order valence-electron chi connectivity index (χ4n) is 2.87. The first kappa shape index (κ1) is 23.4. The summed E-state index contributed by atoms with van der Waals surface area (Å²) in [5.74, 6) is -1.16. The van der Waals surface area contributed by atoms with Gasteiger partial charge >= 0.3 is 11.9 Å². The zero-order valence-corrected chi connectivity index (χ0v) is 18.7. The van der Waals surface area contributed by atoms with Gasteiger partial charge in [-0.2, -0.15) is 5.26 Å². The molecule has 27 heavy (non-hydrogen) atoms. The predicted octanol–water partition coefficient (Wildman–Crippen LogP) is 4.30. The Bertz CT molecular complexity index is 697. The summed E-state index contributed by atoms with van der Waals surface area (Å²) in [4.78, 5) is 24.8. The first-order chi connectivity index (χ1) is 12.4. The van der Waals surface area contributed by atoms with Gasteiger partial charge in [0.25, 0.3) is 0 Å². The number of nitriles is 1. The maximum atomic E-state index is 12.4. The van der Waals surface area contributed by atoms with Crippen LogP contribution in [-0.2, 0) is 19.1 Å². The van der Waals surface area contributed by atoms with E-state index in [2.05, 4.69) is 39.9 Å². The van der Waals surface area contributed by atoms with Gasteiger partial charge < -0.3 is 14.8 Å². The average molecular weight is 413 g/mol. The number of rotatable bonds is 7. The van der Waals surface area contributed by atoms with E-state index >= 15 is 0 Å². The van der Waals surface area contributed by atoms with Crippen molar-refractivity contribution in [3.05, 3.63) is 19.7 Å². The molecule has 8 heteroatoms. The monoisotopic (exact) mass is 412 g/mol. The summed E-state index contributed by atoms with van der Waals surface area (Å²) in [6.07, 6.45) is 0.854. The highest BCUT2D eigenvalue weighted by atomic mass is 32.2. The van der Waals surface area contributed by atoms with Crippen molar-refractivity contribution in [3.8, 4) is 6.07 Å². The second-order valence-corrected chi connectivity index (χ2v) is 10.1. The van der Waals surface area contributed by atoms with Crippen LogP contribution in [0.2, 0.25) is 0 Å². The van der Waals surface area contributed by atoms with Crippen molar-refractivity contribution in [1.82, 2.24) is 5.32 Å². The Kier molecular flexibility index (Phi) is 8.30. The minimum absolute atomic E-state index is 0.0823. The molecule has 0 saturated heterocycles. The third-order valence-corrected chi connectivity index (χ3v) is 5.77. The Morgan fingerprint density at radius 3 is 2.15 bits per heavy atom. The second-order valence-electron chi connectivity index (χ2n) is 7.82. The molecule has 1 rings (SSSR count). The number of ether oxygens (including phenoxy) is 2. The molecule has 0 atom stereocenters. The van der Waals surface area contributed by atoms with Crippen LogP contribution in [0.4, 0.5) is 0 Å². The molecule has 0 bridgehead atoms. The van der Waals surface area contributed by atoms with Gasteiger partial charge in [0.1, 0.15) is 11.0 Å². The van der Waals surface area contributed by atoms with E-state index in [4.69, 9.17) is 9.47 Å². The Hall–Kier alpha value is -1.59. The van der Waals surface area contributed by atoms with E-state index in [0.717, 1.165) is 18.2 Å². The van der Waals surface area contributed by atoms with E-state index in [1.54, 1.807) is 13.8 Å². The van der Waals surface area contributed by atoms with Crippen LogP contribution in [0.25, 0.3) is 0 Å². The number of thioether (sulfide) groups is 2. The quantitative estimate of drug-likeness (QED) is 0.376. The maximum absolute atomic E-state index is 12.4. The van der Waals surface area contributed by atoms with Gasteiger partial charge in [-0.25, -0.2) is 9.59 Å². The number of esters is 2. The number of nitrogens with zero attached hydrogens (tertiary/aromatic N) is 1. The third kappa shape index (κ3) is 7.15. The van der Waals surface area contributed by atoms with Crippen LogP contribution in [0.3, 0.4) is 0 Å². The average Bonchev–Trinajstić information content (AvgIpc) is 2.88. The van der Waals surface area contributed by atoms with Crippen molar-refractivity contribution in [2.24, 2.45) is 5.41 Å². The van der Waals surface area contributed by atoms with E-state index in [1.165, 1.54) is 11.8 Å². The number of hydrogen-bond acceptors (Lipinski definition) is 8. The highest BCUT2D eigenvalue weighted by Gasteiger charge is 2.35. The van der Waals surface area contributed by atoms with Gasteiger partial charge in [0.15, 0.2) is 5.57 Å². The van der Waals surface area contributed by atoms with Gasteiger partial charge in [-0.1, -0.05) is 44.3 Å². The molecule has 0 amide bonds. The summed E-state index contributed by atoms with van der Waals surface area (Å²) in [7, 11) is 0. The molecule has 0 saturated carbocycles. The molecule has 1 N–H and O–H groups in total. The summed E-state index contributed by atoms with van der Waals surface area (Å²) in [6.45, 7) is 14.4. The van der Waals surface area contributed by atoms with Crippen LogP contribution >= 0.6 is 23.5 Å². The highest BCUT2D eigenvalue weighted by molar-refractivity contribution is 8.29. The lowest BCUT2D eigenvalue weighted by molar-refractivity contribution is -0.138. The maximum Gasteiger partial charge on any atom is 0.350 e. The molecule has 0 unspecified atom stereocenters. The zero-order valence-electron chi connectivity index (χ0n) is 17.0. The van der Waals surface area contributed by atoms with Gasteiger partial charge in [-0.3, -0.25) is 0 Å². The summed E-state index contributed by atoms with van der Waals surface area (Å²) < 4.78 is 10.5. The molecule has 150 valence electrons. The molecule has 0 aromatic carbocycles. The van der Waals surface area contributed by atoms with Crippen LogP contribution in [0.5, 0.6) is 0 Å². The van der Waals surface area contributed by atoms with Gasteiger partial charge in [-0.15, -0.1) is 0 Å². The predicted molar refractivity (Wildman–Crippen MR) is 109 cm³/mol. The first-order valence-corrected chi connectivity index (χ1v) is 10.4. The lowest BCUT2D eigenvalue weighted by Gasteiger charge is -2.34. The summed E-state index contributed by atoms with van der Waals surface area (Å²) in [5, 5.41) is 13.4. The van der Waals surface area contributed by atoms with E-state index in [0.29, 0.717) is 14.2 Å². The van der Waals surface area contributed by atoms with Crippen molar-refractivity contribution in [2.45, 2.75) is 60.4 Å². The minimum atomic E-state index is -0.687. The molecule has 6 nitrogen and oxygen atoms in total. The molecule has 0 spiro atoms. The largest absolute Gasteiger partial charge is 0.462 e. The smallest absolute Gasteiger partial charge is 0.350 e. The van der Waals surface area contributed by atoms with Gasteiger partial charge in [0.05, 0.1) is 22.5 Å². The SMILES string of the molecule is CCOC(=O)C1=C(NC(C)(C)CC(C)(C)C)S/C(=C(\C#N)C(=O)OCC)S1. The molecular formula is C19H28N2O4S2. The van der Waals surface area contributed by atoms with Crippen LogP contribution in [0, 0.1) is 16.7 Å². The zero-order chi connectivity index (χ0) is 20.8. The standard InChI is InChI=1S/C19H28N2O4S2/c1-8-24-15(22)12(10-20)17-26-13(16(23)25-9-2)14(27-17)21-19(6,7)11-18(3,4)5/h21H,8-9,11H2,1-7H3/b17-12+. The van der Waals surface area contributed by atoms with Crippen molar-refractivity contribution < 1.29 is 19.1 Å². The molecule has 0 fully saturated rings. The van der Waals surface area contributed by atoms with Crippen molar-refractivity contribution >= 4 is 35.5 Å². The minimum Gasteiger partial charge on any atom is -0.462 e. The molecule has 1 aliphatic rings. The van der Waals surface area contributed by atoms with E-state index < -0.39 is 11.9 Å². The van der Waals surface area contributed by atoms with E-state index in [1.807, 2.05) is 6.07 Å². The fraction of sp³-hybridized carbons (Fsp3) is 0.632. The van der Waals surface area contributed by atoms with Crippen LogP contribution in [-0.4, -0.2) is 30.7 Å². The lowest BCUT2D eigenvalue weighted by atomic mass is 9.82. The van der Waals surface area contributed by atoms with Gasteiger partial charge in [0, 0.05) is 5.54 Å². The van der Waals surface area contributed by atoms with Crippen molar-refractivity contribution in [3.63, 3.8) is 0 Å². The highest BCUT2D eigenvalue weighted by Crippen LogP contribution is 2.50. The van der Waals surface area contributed by atoms with E-state index in [9.17, 15) is 14.9 Å². The molecule has 1 heterocycles. The number of nitrogens with one attached hydrogen (secondary N) is 1. The Morgan fingerprint density at radius 2 is 1.67 bits per heavy atom. The van der Waals surface area contributed by atoms with Crippen LogP contribution in [0.15, 0.2) is 19.7 Å². The molecule has 0 aromatic heterocycles. The molecule has 0 aliphatic carbocycles. The summed E-state index contributed by atoms with van der Waals surface area (Å²) in [5.41, 5.74) is -0.316. The number of carbonyl (C=O) groups excluding carboxylic acids is 2. The van der Waals surface area contributed by atoms with Crippen molar-refractivity contribution in [1.29, 1.82) is 5.26 Å². The normalized spacial score (nSPS) is 16.7. The van der Waals surface area contributed by atoms with Gasteiger partial charge in [-0.05, 0) is 39.5 Å². The molecule has 0 aromatic rings. The Morgan fingerprint density at radius 1 is 1.07 bits per heavy atom. The summed E-state index contributed by atoms with van der Waals surface area (Å²) >= 11 is 2.27. The first-order valence-electron chi connectivity index (χ1n) is 8.81. The molecule has 1 aliphatic heterocycles. The molecule has 0 radical (unpaired) electrons. The number of hydrogen-bond donors (Lipinski definition) is 1. The van der Waals surface area contributed by atoms with Gasteiger partial charge in [0.2, 0.25) is 0 Å².